The Morgan fingerprint density at radius 3 is 1.47 bits per heavy atom. The Kier molecular flexibility index (Phi) is 10.8. The molecule has 3 aliphatic rings. The van der Waals surface area contributed by atoms with Crippen LogP contribution in [0.1, 0.15) is 50.7 Å². The number of hydrogen-bond acceptors (Lipinski definition) is 2. The molecule has 0 saturated heterocycles. The molecule has 0 amide bonds. The van der Waals surface area contributed by atoms with E-state index >= 15 is 0 Å². The van der Waals surface area contributed by atoms with E-state index in [1.54, 1.807) is 0 Å². The molecule has 3 heteroatoms. The van der Waals surface area contributed by atoms with E-state index in [1.807, 2.05) is 0 Å². The number of rotatable bonds is 9. The van der Waals surface area contributed by atoms with Crippen LogP contribution in [0, 0.1) is 23.7 Å². The summed E-state index contributed by atoms with van der Waals surface area (Å²) >= 11 is 0. The molecular weight excluding hydrogens is 837 g/mol. The van der Waals surface area contributed by atoms with Crippen LogP contribution >= 0.6 is 0 Å². The third kappa shape index (κ3) is 6.81. The van der Waals surface area contributed by atoms with E-state index in [1.165, 1.54) is 85.7 Å². The largest absolute Gasteiger partial charge is 0.310 e. The molecule has 12 rings (SSSR count). The molecule has 0 N–H and O–H groups in total. The molecule has 2 nitrogen and oxygen atoms in total. The molecule has 1 heterocycles. The maximum Gasteiger partial charge on any atom is 0.179 e. The van der Waals surface area contributed by atoms with Crippen molar-refractivity contribution < 1.29 is 0 Å². The summed E-state index contributed by atoms with van der Waals surface area (Å²) in [5.41, 5.74) is 12.5. The van der Waals surface area contributed by atoms with Crippen LogP contribution < -0.4 is 30.5 Å². The summed E-state index contributed by atoms with van der Waals surface area (Å²) in [6.07, 6.45) is 5.26. The Morgan fingerprint density at radius 2 is 0.926 bits per heavy atom. The average Bonchev–Trinajstić information content (AvgIpc) is 3.39. The van der Waals surface area contributed by atoms with Gasteiger partial charge in [-0.1, -0.05) is 202 Å². The maximum atomic E-state index is 2.60. The van der Waals surface area contributed by atoms with Crippen molar-refractivity contribution in [1.29, 1.82) is 0 Å². The molecule has 332 valence electrons. The summed E-state index contributed by atoms with van der Waals surface area (Å²) in [7, 11) is -2.85. The Balaban J connectivity index is 1.12. The lowest BCUT2D eigenvalue weighted by molar-refractivity contribution is 0.0400. The zero-order valence-corrected chi connectivity index (χ0v) is 40.1. The summed E-state index contributed by atoms with van der Waals surface area (Å²) in [4.78, 5) is 5.05. The highest BCUT2D eigenvalue weighted by molar-refractivity contribution is 7.19. The van der Waals surface area contributed by atoms with Crippen molar-refractivity contribution in [2.24, 2.45) is 23.7 Å². The predicted octanol–water partition coefficient (Wildman–Crippen LogP) is 14.4. The normalized spacial score (nSPS) is 19.2. The van der Waals surface area contributed by atoms with E-state index < -0.39 is 8.07 Å². The number of para-hydroxylation sites is 4. The fourth-order valence-electron chi connectivity index (χ4n) is 13.6. The van der Waals surface area contributed by atoms with E-state index in [0.717, 1.165) is 28.9 Å². The third-order valence-electron chi connectivity index (χ3n) is 16.1. The van der Waals surface area contributed by atoms with E-state index in [4.69, 9.17) is 0 Å². The van der Waals surface area contributed by atoms with Crippen LogP contribution in [0.2, 0.25) is 0 Å². The molecule has 4 atom stereocenters. The monoisotopic (exact) mass is 894 g/mol. The Morgan fingerprint density at radius 1 is 0.441 bits per heavy atom. The second-order valence-electron chi connectivity index (χ2n) is 19.9. The van der Waals surface area contributed by atoms with E-state index in [2.05, 4.69) is 266 Å². The zero-order chi connectivity index (χ0) is 45.7. The minimum atomic E-state index is -2.85. The molecule has 2 bridgehead atoms. The molecule has 1 spiro atoms. The van der Waals surface area contributed by atoms with Gasteiger partial charge in [0.25, 0.3) is 0 Å². The second kappa shape index (κ2) is 17.5. The van der Waals surface area contributed by atoms with Crippen LogP contribution in [-0.4, -0.2) is 8.07 Å². The van der Waals surface area contributed by atoms with Gasteiger partial charge in [0.1, 0.15) is 0 Å². The highest BCUT2D eigenvalue weighted by Crippen LogP contribution is 2.65. The van der Waals surface area contributed by atoms with Crippen molar-refractivity contribution in [2.75, 3.05) is 9.80 Å². The predicted molar refractivity (Wildman–Crippen MR) is 289 cm³/mol. The first-order valence-electron chi connectivity index (χ1n) is 24.9. The highest BCUT2D eigenvalue weighted by atomic mass is 28.3. The number of nitrogens with zero attached hydrogens (tertiary/aromatic N) is 2. The first kappa shape index (κ1) is 42.2. The van der Waals surface area contributed by atoms with Crippen molar-refractivity contribution >= 4 is 62.9 Å². The average molecular weight is 895 g/mol. The van der Waals surface area contributed by atoms with Gasteiger partial charge >= 0.3 is 0 Å². The summed E-state index contributed by atoms with van der Waals surface area (Å²) in [6.45, 7) is 5.08. The summed E-state index contributed by atoms with van der Waals surface area (Å²) in [6, 6.07) is 91.4. The van der Waals surface area contributed by atoms with Gasteiger partial charge in [0.2, 0.25) is 0 Å². The minimum absolute atomic E-state index is 0.0380. The van der Waals surface area contributed by atoms with E-state index in [-0.39, 0.29) is 5.41 Å². The molecule has 1 unspecified atom stereocenters. The van der Waals surface area contributed by atoms with Crippen molar-refractivity contribution in [1.82, 2.24) is 0 Å². The van der Waals surface area contributed by atoms with Crippen molar-refractivity contribution in [3.05, 3.63) is 254 Å². The van der Waals surface area contributed by atoms with E-state index in [0.29, 0.717) is 11.8 Å². The highest BCUT2D eigenvalue weighted by Gasteiger charge is 2.56. The Bertz CT molecular complexity index is 3000. The number of fused-ring (bicyclic) bond motifs is 7. The van der Waals surface area contributed by atoms with Crippen molar-refractivity contribution in [3.63, 3.8) is 0 Å². The van der Waals surface area contributed by atoms with Gasteiger partial charge in [-0.25, -0.2) is 0 Å². The molecule has 2 fully saturated rings. The first-order valence-corrected chi connectivity index (χ1v) is 26.9. The quantitative estimate of drug-likeness (QED) is 0.105. The molecule has 2 saturated carbocycles. The lowest BCUT2D eigenvalue weighted by Gasteiger charge is -2.58. The SMILES string of the molecule is C[C@@H]1CC2C[C@@H](C1)C[C@@H](C)C21c2ccccc2N(c2ccc(N(c3ccccc3)c3ccccc3)c(-c3cccc([Si](c4ccccc4)(c4ccccc4)c4ccccc4)c3)c2)c2ccccc21. The van der Waals surface area contributed by atoms with Crippen LogP contribution in [0.3, 0.4) is 0 Å². The van der Waals surface area contributed by atoms with Crippen LogP contribution in [0.4, 0.5) is 34.1 Å². The molecule has 1 aliphatic heterocycles. The number of anilines is 6. The fraction of sp³-hybridized carbons (Fsp3) is 0.169. The second-order valence-corrected chi connectivity index (χ2v) is 23.7. The summed E-state index contributed by atoms with van der Waals surface area (Å²) < 4.78 is 0. The molecule has 68 heavy (non-hydrogen) atoms. The zero-order valence-electron chi connectivity index (χ0n) is 39.1. The van der Waals surface area contributed by atoms with Gasteiger partial charge in [-0.15, -0.1) is 0 Å². The Labute approximate surface area is 404 Å². The molecule has 9 aromatic carbocycles. The molecular formula is C65H58N2Si. The molecule has 2 aliphatic carbocycles. The molecule has 9 aromatic rings. The minimum Gasteiger partial charge on any atom is -0.310 e. The third-order valence-corrected chi connectivity index (χ3v) is 20.8. The number of benzene rings is 9. The van der Waals surface area contributed by atoms with Gasteiger partial charge in [0, 0.05) is 28.0 Å². The maximum absolute atomic E-state index is 2.85. The van der Waals surface area contributed by atoms with Crippen molar-refractivity contribution in [3.8, 4) is 11.1 Å². The lowest BCUT2D eigenvalue weighted by Crippen LogP contribution is -2.74. The topological polar surface area (TPSA) is 6.48 Å². The van der Waals surface area contributed by atoms with Gasteiger partial charge in [-0.05, 0) is 141 Å². The lowest BCUT2D eigenvalue weighted by atomic mass is 9.47. The van der Waals surface area contributed by atoms with E-state index in [9.17, 15) is 0 Å². The summed E-state index contributed by atoms with van der Waals surface area (Å²) in [5, 5.41) is 5.45. The standard InChI is InChI=1S/C65H58N2Si/c1-47-41-49-43-48(2)65(51(42-47)44-49)60-35-18-20-37-63(60)67(64-38-21-19-36-61(64)65)54-39-40-62(66(52-24-8-3-9-25-52)53-26-10-4-11-27-53)59(46-54)50-23-22-34-58(45-50)68(55-28-12-5-13-29-55,56-30-14-6-15-31-56)57-32-16-7-17-33-57/h3-40,45-49,51H,41-44H2,1-2H3/t47-,48+,49-,51?/m0/s1. The van der Waals surface area contributed by atoms with Gasteiger partial charge in [0.15, 0.2) is 8.07 Å². The van der Waals surface area contributed by atoms with Gasteiger partial charge in [-0.3, -0.25) is 0 Å². The van der Waals surface area contributed by atoms with Crippen LogP contribution in [0.25, 0.3) is 11.1 Å². The Hall–Kier alpha value is -7.20. The smallest absolute Gasteiger partial charge is 0.179 e. The summed E-state index contributed by atoms with van der Waals surface area (Å²) in [5.74, 6) is 2.71. The van der Waals surface area contributed by atoms with Gasteiger partial charge in [-0.2, -0.15) is 0 Å². The van der Waals surface area contributed by atoms with Gasteiger partial charge in [0.05, 0.1) is 17.1 Å². The van der Waals surface area contributed by atoms with Crippen LogP contribution in [0.5, 0.6) is 0 Å². The first-order chi connectivity index (χ1) is 33.5. The van der Waals surface area contributed by atoms with Crippen LogP contribution in [-0.2, 0) is 5.41 Å². The fourth-order valence-corrected chi connectivity index (χ4v) is 18.4. The number of hydrogen-bond donors (Lipinski definition) is 0. The van der Waals surface area contributed by atoms with Crippen molar-refractivity contribution in [2.45, 2.75) is 44.9 Å². The molecule has 0 aromatic heterocycles. The van der Waals surface area contributed by atoms with Crippen LogP contribution in [0.15, 0.2) is 243 Å². The van der Waals surface area contributed by atoms with Gasteiger partial charge < -0.3 is 9.80 Å². The molecule has 0 radical (unpaired) electrons.